The first-order chi connectivity index (χ1) is 12.5. The molecule has 1 saturated heterocycles. The van der Waals surface area contributed by atoms with E-state index in [2.05, 4.69) is 5.32 Å². The number of amides is 1. The molecule has 1 aliphatic rings. The summed E-state index contributed by atoms with van der Waals surface area (Å²) in [5, 5.41) is 11.0. The van der Waals surface area contributed by atoms with Crippen LogP contribution in [0.4, 0.5) is 0 Å². The summed E-state index contributed by atoms with van der Waals surface area (Å²) in [4.78, 5) is 12.2. The Labute approximate surface area is 164 Å². The highest BCUT2D eigenvalue weighted by atomic mass is 35.5. The van der Waals surface area contributed by atoms with Crippen molar-refractivity contribution in [2.45, 2.75) is 6.61 Å². The highest BCUT2D eigenvalue weighted by Crippen LogP contribution is 2.38. The molecule has 2 aromatic carbocycles. The van der Waals surface area contributed by atoms with Gasteiger partial charge < -0.3 is 14.8 Å². The molecule has 134 valence electrons. The van der Waals surface area contributed by atoms with Crippen LogP contribution in [-0.2, 0) is 11.4 Å². The van der Waals surface area contributed by atoms with Gasteiger partial charge in [0.25, 0.3) is 5.91 Å². The van der Waals surface area contributed by atoms with Crippen molar-refractivity contribution in [2.75, 3.05) is 7.11 Å². The number of amidine groups is 1. The summed E-state index contributed by atoms with van der Waals surface area (Å²) in [6, 6.07) is 10.8. The van der Waals surface area contributed by atoms with Gasteiger partial charge in [-0.2, -0.15) is 0 Å². The van der Waals surface area contributed by atoms with Crippen LogP contribution in [0, 0.1) is 5.41 Å². The maximum atomic E-state index is 11.7. The number of carbonyl (C=O) groups is 1. The standard InChI is InChI=1S/C18H14Cl2N2O3S/c1-24-14-7-10(8-15-17(23)22-18(21)26-15)6-13(20)16(14)25-9-11-4-2-3-5-12(11)19/h2-8H,9H2,1H3,(H2,21,22,23)/b15-8-. The Kier molecular flexibility index (Phi) is 5.76. The summed E-state index contributed by atoms with van der Waals surface area (Å²) < 4.78 is 11.2. The molecule has 0 unspecified atom stereocenters. The first-order valence-electron chi connectivity index (χ1n) is 7.51. The van der Waals surface area contributed by atoms with Crippen molar-refractivity contribution in [1.82, 2.24) is 5.32 Å². The lowest BCUT2D eigenvalue weighted by atomic mass is 10.1. The average molecular weight is 409 g/mol. The van der Waals surface area contributed by atoms with E-state index < -0.39 is 0 Å². The van der Waals surface area contributed by atoms with E-state index in [1.165, 1.54) is 7.11 Å². The van der Waals surface area contributed by atoms with E-state index in [9.17, 15) is 4.79 Å². The lowest BCUT2D eigenvalue weighted by Gasteiger charge is -2.14. The van der Waals surface area contributed by atoms with Crippen LogP contribution in [0.1, 0.15) is 11.1 Å². The number of hydrogen-bond acceptors (Lipinski definition) is 5. The third kappa shape index (κ3) is 4.15. The van der Waals surface area contributed by atoms with Crippen LogP contribution in [0.25, 0.3) is 6.08 Å². The molecule has 0 aromatic heterocycles. The van der Waals surface area contributed by atoms with Crippen molar-refractivity contribution in [2.24, 2.45) is 0 Å². The number of thioether (sulfide) groups is 1. The second kappa shape index (κ2) is 8.03. The van der Waals surface area contributed by atoms with Crippen LogP contribution in [0.5, 0.6) is 11.5 Å². The van der Waals surface area contributed by atoms with Crippen LogP contribution in [0.15, 0.2) is 41.3 Å². The number of carbonyl (C=O) groups excluding carboxylic acids is 1. The van der Waals surface area contributed by atoms with Gasteiger partial charge in [-0.3, -0.25) is 10.2 Å². The number of halogens is 2. The normalized spacial score (nSPS) is 15.3. The largest absolute Gasteiger partial charge is 0.493 e. The highest BCUT2D eigenvalue weighted by molar-refractivity contribution is 8.18. The molecule has 1 aliphatic heterocycles. The maximum Gasteiger partial charge on any atom is 0.264 e. The molecule has 1 fully saturated rings. The molecule has 0 saturated carbocycles. The fourth-order valence-electron chi connectivity index (χ4n) is 2.32. The van der Waals surface area contributed by atoms with E-state index in [-0.39, 0.29) is 17.7 Å². The molecular weight excluding hydrogens is 395 g/mol. The molecule has 1 amide bonds. The number of rotatable bonds is 5. The van der Waals surface area contributed by atoms with Gasteiger partial charge in [0.2, 0.25) is 0 Å². The summed E-state index contributed by atoms with van der Waals surface area (Å²) >= 11 is 13.5. The van der Waals surface area contributed by atoms with Crippen molar-refractivity contribution in [3.8, 4) is 11.5 Å². The molecule has 26 heavy (non-hydrogen) atoms. The van der Waals surface area contributed by atoms with E-state index in [4.69, 9.17) is 38.1 Å². The molecule has 0 bridgehead atoms. The second-order valence-corrected chi connectivity index (χ2v) is 7.17. The Morgan fingerprint density at radius 2 is 2.00 bits per heavy atom. The first-order valence-corrected chi connectivity index (χ1v) is 9.08. The summed E-state index contributed by atoms with van der Waals surface area (Å²) in [6.07, 6.45) is 1.65. The van der Waals surface area contributed by atoms with Crippen molar-refractivity contribution in [3.05, 3.63) is 62.5 Å². The van der Waals surface area contributed by atoms with Crippen LogP contribution in [0.2, 0.25) is 10.0 Å². The molecule has 8 heteroatoms. The van der Waals surface area contributed by atoms with Crippen LogP contribution in [0.3, 0.4) is 0 Å². The zero-order chi connectivity index (χ0) is 18.7. The van der Waals surface area contributed by atoms with Gasteiger partial charge in [0.05, 0.1) is 17.0 Å². The van der Waals surface area contributed by atoms with E-state index in [0.717, 1.165) is 17.3 Å². The fraction of sp³-hybridized carbons (Fsp3) is 0.111. The minimum atomic E-state index is -0.311. The topological polar surface area (TPSA) is 71.4 Å². The van der Waals surface area contributed by atoms with Gasteiger partial charge in [-0.15, -0.1) is 0 Å². The number of benzene rings is 2. The monoisotopic (exact) mass is 408 g/mol. The summed E-state index contributed by atoms with van der Waals surface area (Å²) in [7, 11) is 1.51. The summed E-state index contributed by atoms with van der Waals surface area (Å²) in [5.74, 6) is 0.525. The average Bonchev–Trinajstić information content (AvgIpc) is 2.92. The van der Waals surface area contributed by atoms with Gasteiger partial charge in [0.1, 0.15) is 6.61 Å². The number of hydrogen-bond donors (Lipinski definition) is 2. The van der Waals surface area contributed by atoms with Gasteiger partial charge >= 0.3 is 0 Å². The lowest BCUT2D eigenvalue weighted by molar-refractivity contribution is -0.115. The third-order valence-corrected chi connectivity index (χ3v) is 5.02. The smallest absolute Gasteiger partial charge is 0.264 e. The number of ether oxygens (including phenoxy) is 2. The van der Waals surface area contributed by atoms with Crippen molar-refractivity contribution in [3.63, 3.8) is 0 Å². The van der Waals surface area contributed by atoms with Crippen molar-refractivity contribution >= 4 is 52.1 Å². The molecule has 1 heterocycles. The highest BCUT2D eigenvalue weighted by Gasteiger charge is 2.22. The second-order valence-electron chi connectivity index (χ2n) is 5.31. The Bertz CT molecular complexity index is 915. The number of nitrogens with one attached hydrogen (secondary N) is 2. The Morgan fingerprint density at radius 3 is 2.65 bits per heavy atom. The van der Waals surface area contributed by atoms with Crippen molar-refractivity contribution in [1.29, 1.82) is 5.41 Å². The molecule has 0 aliphatic carbocycles. The minimum Gasteiger partial charge on any atom is -0.493 e. The summed E-state index contributed by atoms with van der Waals surface area (Å²) in [6.45, 7) is 0.242. The molecular formula is C18H14Cl2N2O3S. The first kappa shape index (κ1) is 18.6. The molecule has 2 aromatic rings. The van der Waals surface area contributed by atoms with Gasteiger partial charge in [-0.1, -0.05) is 41.4 Å². The number of methoxy groups -OCH3 is 1. The van der Waals surface area contributed by atoms with E-state index in [1.807, 2.05) is 18.2 Å². The van der Waals surface area contributed by atoms with Gasteiger partial charge in [0.15, 0.2) is 16.7 Å². The molecule has 0 radical (unpaired) electrons. The predicted octanol–water partition coefficient (Wildman–Crippen LogP) is 4.72. The molecule has 3 rings (SSSR count). The van der Waals surface area contributed by atoms with E-state index >= 15 is 0 Å². The van der Waals surface area contributed by atoms with Crippen LogP contribution < -0.4 is 14.8 Å². The Balaban J connectivity index is 1.86. The van der Waals surface area contributed by atoms with Gasteiger partial charge in [-0.25, -0.2) is 0 Å². The fourth-order valence-corrected chi connectivity index (χ4v) is 3.49. The zero-order valence-corrected chi connectivity index (χ0v) is 16.0. The zero-order valence-electron chi connectivity index (χ0n) is 13.6. The van der Waals surface area contributed by atoms with Gasteiger partial charge in [0, 0.05) is 10.6 Å². The molecule has 0 atom stereocenters. The van der Waals surface area contributed by atoms with Crippen LogP contribution in [-0.4, -0.2) is 18.2 Å². The quantitative estimate of drug-likeness (QED) is 0.701. The Hall–Kier alpha value is -2.15. The molecule has 0 spiro atoms. The maximum absolute atomic E-state index is 11.7. The van der Waals surface area contributed by atoms with Gasteiger partial charge in [-0.05, 0) is 41.6 Å². The van der Waals surface area contributed by atoms with Crippen molar-refractivity contribution < 1.29 is 14.3 Å². The molecule has 5 nitrogen and oxygen atoms in total. The summed E-state index contributed by atoms with van der Waals surface area (Å²) in [5.41, 5.74) is 1.50. The van der Waals surface area contributed by atoms with E-state index in [1.54, 1.807) is 24.3 Å². The van der Waals surface area contributed by atoms with E-state index in [0.29, 0.717) is 32.0 Å². The minimum absolute atomic E-state index is 0.0963. The SMILES string of the molecule is COc1cc(/C=C2\SC(=N)NC2=O)cc(Cl)c1OCc1ccccc1Cl. The van der Waals surface area contributed by atoms with Crippen LogP contribution >= 0.6 is 35.0 Å². The lowest BCUT2D eigenvalue weighted by Crippen LogP contribution is -2.18. The predicted molar refractivity (Wildman–Crippen MR) is 105 cm³/mol. The molecule has 2 N–H and O–H groups in total. The third-order valence-electron chi connectivity index (χ3n) is 3.54. The Morgan fingerprint density at radius 1 is 1.23 bits per heavy atom.